The van der Waals surface area contributed by atoms with Crippen molar-refractivity contribution in [1.29, 1.82) is 5.26 Å². The molecule has 2 aromatic rings. The highest BCUT2D eigenvalue weighted by Gasteiger charge is 2.11. The number of hydrogen-bond acceptors (Lipinski definition) is 4. The summed E-state index contributed by atoms with van der Waals surface area (Å²) in [6.45, 7) is -0.219. The first-order valence-corrected chi connectivity index (χ1v) is 7.45. The standard InChI is InChI=1S/C15H9BrN2O2S/c16-11-4-3-10(9-17)13(8-11)18-15(20)14-6-5-12(21-14)2-1-7-19/h3-6,8,19H,7H2,(H,18,20). The third kappa shape index (κ3) is 3.93. The number of nitriles is 1. The van der Waals surface area contributed by atoms with Crippen LogP contribution >= 0.6 is 27.3 Å². The molecule has 6 heteroatoms. The zero-order valence-corrected chi connectivity index (χ0v) is 13.1. The van der Waals surface area contributed by atoms with E-state index in [-0.39, 0.29) is 12.5 Å². The molecule has 0 saturated heterocycles. The quantitative estimate of drug-likeness (QED) is 0.808. The Morgan fingerprint density at radius 2 is 2.19 bits per heavy atom. The van der Waals surface area contributed by atoms with Crippen LogP contribution in [0.25, 0.3) is 0 Å². The number of halogens is 1. The number of carbonyl (C=O) groups excluding carboxylic acids is 1. The van der Waals surface area contributed by atoms with E-state index in [4.69, 9.17) is 10.4 Å². The molecule has 104 valence electrons. The SMILES string of the molecule is N#Cc1ccc(Br)cc1NC(=O)c1ccc(C#CCO)s1. The van der Waals surface area contributed by atoms with Crippen molar-refractivity contribution >= 4 is 38.9 Å². The zero-order chi connectivity index (χ0) is 15.2. The normalized spacial score (nSPS) is 9.38. The van der Waals surface area contributed by atoms with Crippen molar-refractivity contribution in [3.8, 4) is 17.9 Å². The Bertz CT molecular complexity index is 781. The van der Waals surface area contributed by atoms with Gasteiger partial charge in [-0.05, 0) is 30.3 Å². The summed E-state index contributed by atoms with van der Waals surface area (Å²) in [7, 11) is 0. The number of nitrogens with one attached hydrogen (secondary N) is 1. The molecule has 2 N–H and O–H groups in total. The summed E-state index contributed by atoms with van der Waals surface area (Å²) >= 11 is 4.53. The Kier molecular flexibility index (Phi) is 5.13. The fourth-order valence-corrected chi connectivity index (χ4v) is 2.69. The van der Waals surface area contributed by atoms with E-state index in [1.807, 2.05) is 6.07 Å². The molecule has 0 atom stereocenters. The molecule has 1 aromatic carbocycles. The molecule has 21 heavy (non-hydrogen) atoms. The van der Waals surface area contributed by atoms with Crippen LogP contribution < -0.4 is 5.32 Å². The minimum Gasteiger partial charge on any atom is -0.384 e. The minimum atomic E-state index is -0.299. The van der Waals surface area contributed by atoms with Crippen LogP contribution in [0, 0.1) is 23.2 Å². The number of nitrogens with zero attached hydrogens (tertiary/aromatic N) is 1. The third-order valence-corrected chi connectivity index (χ3v) is 3.96. The van der Waals surface area contributed by atoms with Crippen molar-refractivity contribution < 1.29 is 9.90 Å². The van der Waals surface area contributed by atoms with Gasteiger partial charge in [-0.25, -0.2) is 0 Å². The molecule has 4 nitrogen and oxygen atoms in total. The van der Waals surface area contributed by atoms with Gasteiger partial charge in [0.25, 0.3) is 5.91 Å². The summed E-state index contributed by atoms with van der Waals surface area (Å²) in [6, 6.07) is 10.5. The average Bonchev–Trinajstić information content (AvgIpc) is 2.94. The molecule has 0 radical (unpaired) electrons. The fourth-order valence-electron chi connectivity index (χ4n) is 1.56. The molecule has 0 aliphatic carbocycles. The van der Waals surface area contributed by atoms with Crippen LogP contribution in [0.3, 0.4) is 0 Å². The predicted octanol–water partition coefficient (Wildman–Crippen LogP) is 2.98. The topological polar surface area (TPSA) is 73.1 Å². The van der Waals surface area contributed by atoms with Crippen LogP contribution in [0.4, 0.5) is 5.69 Å². The van der Waals surface area contributed by atoms with Gasteiger partial charge in [0.1, 0.15) is 12.7 Å². The van der Waals surface area contributed by atoms with E-state index in [1.54, 1.807) is 30.3 Å². The lowest BCUT2D eigenvalue weighted by molar-refractivity contribution is 0.103. The first kappa shape index (κ1) is 15.3. The lowest BCUT2D eigenvalue weighted by Gasteiger charge is -2.06. The highest BCUT2D eigenvalue weighted by Crippen LogP contribution is 2.23. The maximum absolute atomic E-state index is 12.2. The summed E-state index contributed by atoms with van der Waals surface area (Å²) < 4.78 is 0.775. The van der Waals surface area contributed by atoms with E-state index in [2.05, 4.69) is 33.1 Å². The van der Waals surface area contributed by atoms with E-state index in [0.29, 0.717) is 21.0 Å². The molecule has 0 aliphatic rings. The van der Waals surface area contributed by atoms with Crippen LogP contribution in [0.2, 0.25) is 0 Å². The molecule has 0 unspecified atom stereocenters. The number of aliphatic hydroxyl groups excluding tert-OH is 1. The second kappa shape index (κ2) is 7.05. The zero-order valence-electron chi connectivity index (χ0n) is 10.7. The molecule has 1 amide bonds. The summed E-state index contributed by atoms with van der Waals surface area (Å²) in [5.41, 5.74) is 0.844. The number of hydrogen-bond donors (Lipinski definition) is 2. The van der Waals surface area contributed by atoms with Gasteiger partial charge in [0.2, 0.25) is 0 Å². The van der Waals surface area contributed by atoms with Gasteiger partial charge in [-0.2, -0.15) is 5.26 Å². The first-order chi connectivity index (χ1) is 10.1. The molecule has 1 heterocycles. The number of aliphatic hydroxyl groups is 1. The molecule has 0 fully saturated rings. The smallest absolute Gasteiger partial charge is 0.265 e. The van der Waals surface area contributed by atoms with Crippen LogP contribution in [0.5, 0.6) is 0 Å². The van der Waals surface area contributed by atoms with E-state index < -0.39 is 0 Å². The Morgan fingerprint density at radius 3 is 2.90 bits per heavy atom. The molecule has 0 bridgehead atoms. The third-order valence-electron chi connectivity index (χ3n) is 2.47. The van der Waals surface area contributed by atoms with Crippen molar-refractivity contribution in [1.82, 2.24) is 0 Å². The minimum absolute atomic E-state index is 0.219. The molecule has 0 spiro atoms. The number of carbonyl (C=O) groups is 1. The summed E-state index contributed by atoms with van der Waals surface area (Å²) in [6.07, 6.45) is 0. The Morgan fingerprint density at radius 1 is 1.38 bits per heavy atom. The van der Waals surface area contributed by atoms with Crippen LogP contribution in [-0.2, 0) is 0 Å². The van der Waals surface area contributed by atoms with Crippen molar-refractivity contribution in [3.63, 3.8) is 0 Å². The van der Waals surface area contributed by atoms with Gasteiger partial charge in [-0.15, -0.1) is 11.3 Å². The van der Waals surface area contributed by atoms with Gasteiger partial charge in [0.15, 0.2) is 0 Å². The maximum atomic E-state index is 12.2. The highest BCUT2D eigenvalue weighted by molar-refractivity contribution is 9.10. The molecular formula is C15H9BrN2O2S. The molecule has 0 saturated carbocycles. The molecular weight excluding hydrogens is 352 g/mol. The van der Waals surface area contributed by atoms with E-state index >= 15 is 0 Å². The van der Waals surface area contributed by atoms with E-state index in [1.165, 1.54) is 11.3 Å². The number of anilines is 1. The Hall–Kier alpha value is -2.12. The summed E-state index contributed by atoms with van der Waals surface area (Å²) in [5, 5.41) is 20.4. The fraction of sp³-hybridized carbons (Fsp3) is 0.0667. The number of amides is 1. The van der Waals surface area contributed by atoms with Gasteiger partial charge in [-0.1, -0.05) is 27.8 Å². The van der Waals surface area contributed by atoms with Crippen molar-refractivity contribution in [2.45, 2.75) is 0 Å². The number of benzene rings is 1. The van der Waals surface area contributed by atoms with Gasteiger partial charge >= 0.3 is 0 Å². The molecule has 2 rings (SSSR count). The first-order valence-electron chi connectivity index (χ1n) is 5.84. The van der Waals surface area contributed by atoms with Gasteiger partial charge in [0, 0.05) is 4.47 Å². The van der Waals surface area contributed by atoms with Gasteiger partial charge in [0.05, 0.1) is 21.0 Å². The van der Waals surface area contributed by atoms with Crippen molar-refractivity contribution in [2.24, 2.45) is 0 Å². The predicted molar refractivity (Wildman–Crippen MR) is 85.1 cm³/mol. The van der Waals surface area contributed by atoms with Crippen molar-refractivity contribution in [3.05, 3.63) is 50.1 Å². The lowest BCUT2D eigenvalue weighted by Crippen LogP contribution is -2.11. The summed E-state index contributed by atoms with van der Waals surface area (Å²) in [4.78, 5) is 13.3. The Balaban J connectivity index is 2.20. The highest BCUT2D eigenvalue weighted by atomic mass is 79.9. The number of thiophene rings is 1. The largest absolute Gasteiger partial charge is 0.384 e. The monoisotopic (exact) mass is 360 g/mol. The summed E-state index contributed by atoms with van der Waals surface area (Å²) in [5.74, 6) is 4.97. The van der Waals surface area contributed by atoms with Crippen LogP contribution in [-0.4, -0.2) is 17.6 Å². The van der Waals surface area contributed by atoms with Gasteiger partial charge < -0.3 is 10.4 Å². The lowest BCUT2D eigenvalue weighted by atomic mass is 10.2. The van der Waals surface area contributed by atoms with Crippen LogP contribution in [0.15, 0.2) is 34.8 Å². The van der Waals surface area contributed by atoms with Crippen molar-refractivity contribution in [2.75, 3.05) is 11.9 Å². The molecule has 0 aliphatic heterocycles. The van der Waals surface area contributed by atoms with E-state index in [9.17, 15) is 4.79 Å². The second-order valence-corrected chi connectivity index (χ2v) is 5.88. The average molecular weight is 361 g/mol. The second-order valence-electron chi connectivity index (χ2n) is 3.88. The van der Waals surface area contributed by atoms with Gasteiger partial charge in [-0.3, -0.25) is 4.79 Å². The Labute approximate surface area is 134 Å². The molecule has 1 aromatic heterocycles. The number of rotatable bonds is 2. The van der Waals surface area contributed by atoms with Crippen LogP contribution in [0.1, 0.15) is 20.1 Å². The van der Waals surface area contributed by atoms with E-state index in [0.717, 1.165) is 4.47 Å². The maximum Gasteiger partial charge on any atom is 0.265 e.